The number of rotatable bonds is 6. The summed E-state index contributed by atoms with van der Waals surface area (Å²) in [6.07, 6.45) is 5.26. The van der Waals surface area contributed by atoms with Crippen LogP contribution in [0.1, 0.15) is 0 Å². The highest BCUT2D eigenvalue weighted by molar-refractivity contribution is 5.69. The average molecular weight is 389 g/mol. The van der Waals surface area contributed by atoms with Gasteiger partial charge in [0.25, 0.3) is 0 Å². The zero-order valence-corrected chi connectivity index (χ0v) is 15.5. The van der Waals surface area contributed by atoms with Crippen LogP contribution in [0.2, 0.25) is 0 Å². The Labute approximate surface area is 166 Å². The summed E-state index contributed by atoms with van der Waals surface area (Å²) in [5.41, 5.74) is 8.85. The molecule has 0 unspecified atom stereocenters. The number of fused-ring (bicyclic) bond motifs is 2. The van der Waals surface area contributed by atoms with E-state index in [4.69, 9.17) is 20.2 Å². The van der Waals surface area contributed by atoms with E-state index in [0.717, 1.165) is 34.2 Å². The number of benzene rings is 1. The summed E-state index contributed by atoms with van der Waals surface area (Å²) in [5.74, 6) is 2.95. The van der Waals surface area contributed by atoms with Gasteiger partial charge < -0.3 is 25.8 Å². The van der Waals surface area contributed by atoms with Gasteiger partial charge in [-0.05, 0) is 30.3 Å². The van der Waals surface area contributed by atoms with Crippen molar-refractivity contribution < 1.29 is 9.47 Å². The molecule has 9 heteroatoms. The second-order valence-electron chi connectivity index (χ2n) is 6.52. The predicted molar refractivity (Wildman–Crippen MR) is 110 cm³/mol. The van der Waals surface area contributed by atoms with Crippen LogP contribution in [-0.2, 0) is 0 Å². The van der Waals surface area contributed by atoms with Crippen molar-refractivity contribution in [1.82, 2.24) is 19.4 Å². The molecule has 5 rings (SSSR count). The Hall–Kier alpha value is -4.01. The Kier molecular flexibility index (Phi) is 4.24. The molecule has 0 saturated carbocycles. The number of nitrogens with zero attached hydrogens (tertiary/aromatic N) is 4. The van der Waals surface area contributed by atoms with Crippen LogP contribution in [0, 0.1) is 0 Å². The first kappa shape index (κ1) is 17.1. The Bertz CT molecular complexity index is 1160. The Balaban J connectivity index is 1.34. The van der Waals surface area contributed by atoms with Gasteiger partial charge >= 0.3 is 0 Å². The van der Waals surface area contributed by atoms with E-state index >= 15 is 0 Å². The molecule has 9 nitrogen and oxygen atoms in total. The Morgan fingerprint density at radius 1 is 1.00 bits per heavy atom. The van der Waals surface area contributed by atoms with E-state index < -0.39 is 0 Å². The quantitative estimate of drug-likeness (QED) is 0.432. The molecule has 0 bridgehead atoms. The summed E-state index contributed by atoms with van der Waals surface area (Å²) in [6.45, 7) is 1.56. The molecule has 4 heterocycles. The third kappa shape index (κ3) is 3.45. The first-order chi connectivity index (χ1) is 14.3. The molecule has 3 aromatic heterocycles. The van der Waals surface area contributed by atoms with Crippen LogP contribution in [0.25, 0.3) is 16.9 Å². The predicted octanol–water partition coefficient (Wildman–Crippen LogP) is 2.63. The fraction of sp³-hybridized carbons (Fsp3) is 0.150. The van der Waals surface area contributed by atoms with Crippen molar-refractivity contribution in [2.24, 2.45) is 0 Å². The smallest absolute Gasteiger partial charge is 0.231 e. The number of anilines is 3. The lowest BCUT2D eigenvalue weighted by Crippen LogP contribution is -2.16. The third-order valence-electron chi connectivity index (χ3n) is 4.56. The fourth-order valence-corrected chi connectivity index (χ4v) is 3.13. The molecule has 146 valence electrons. The van der Waals surface area contributed by atoms with Crippen molar-refractivity contribution in [3.8, 4) is 22.8 Å². The van der Waals surface area contributed by atoms with Crippen LogP contribution in [-0.4, -0.2) is 39.2 Å². The number of hydrogen-bond donors (Lipinski definition) is 3. The summed E-state index contributed by atoms with van der Waals surface area (Å²) in [6, 6.07) is 11.4. The van der Waals surface area contributed by atoms with Gasteiger partial charge in [-0.25, -0.2) is 15.0 Å². The largest absolute Gasteiger partial charge is 0.454 e. The maximum Gasteiger partial charge on any atom is 0.231 e. The van der Waals surface area contributed by atoms with Crippen LogP contribution in [0.3, 0.4) is 0 Å². The van der Waals surface area contributed by atoms with Crippen molar-refractivity contribution >= 4 is 23.1 Å². The minimum absolute atomic E-state index is 0.244. The topological polar surface area (TPSA) is 112 Å². The van der Waals surface area contributed by atoms with Gasteiger partial charge in [0.05, 0.1) is 17.6 Å². The van der Waals surface area contributed by atoms with Crippen molar-refractivity contribution in [1.29, 1.82) is 0 Å². The van der Waals surface area contributed by atoms with E-state index in [1.165, 1.54) is 0 Å². The molecule has 0 aliphatic carbocycles. The fourth-order valence-electron chi connectivity index (χ4n) is 3.13. The number of nitrogen functional groups attached to an aromatic ring is 1. The van der Waals surface area contributed by atoms with Gasteiger partial charge in [-0.1, -0.05) is 0 Å². The number of imidazole rings is 1. The van der Waals surface area contributed by atoms with E-state index in [1.54, 1.807) is 12.4 Å². The maximum atomic E-state index is 5.66. The molecule has 0 radical (unpaired) electrons. The van der Waals surface area contributed by atoms with Gasteiger partial charge in [0.2, 0.25) is 12.7 Å². The second-order valence-corrected chi connectivity index (χ2v) is 6.52. The Morgan fingerprint density at radius 3 is 2.79 bits per heavy atom. The highest BCUT2D eigenvalue weighted by Gasteiger charge is 2.15. The van der Waals surface area contributed by atoms with E-state index in [0.29, 0.717) is 24.7 Å². The first-order valence-corrected chi connectivity index (χ1v) is 9.20. The monoisotopic (exact) mass is 389 g/mol. The molecule has 1 aliphatic heterocycles. The number of ether oxygens (including phenoxy) is 2. The van der Waals surface area contributed by atoms with E-state index in [1.807, 2.05) is 47.0 Å². The van der Waals surface area contributed by atoms with Gasteiger partial charge in [-0.15, -0.1) is 0 Å². The van der Waals surface area contributed by atoms with Crippen molar-refractivity contribution in [2.75, 3.05) is 36.2 Å². The highest BCUT2D eigenvalue weighted by Crippen LogP contribution is 2.35. The van der Waals surface area contributed by atoms with Crippen LogP contribution >= 0.6 is 0 Å². The third-order valence-corrected chi connectivity index (χ3v) is 4.56. The zero-order valence-electron chi connectivity index (χ0n) is 15.5. The second kappa shape index (κ2) is 7.19. The lowest BCUT2D eigenvalue weighted by molar-refractivity contribution is 0.174. The average Bonchev–Trinajstić information content (AvgIpc) is 3.40. The van der Waals surface area contributed by atoms with E-state index in [2.05, 4.69) is 20.6 Å². The molecule has 0 spiro atoms. The molecule has 0 fully saturated rings. The minimum Gasteiger partial charge on any atom is -0.454 e. The first-order valence-electron chi connectivity index (χ1n) is 9.20. The van der Waals surface area contributed by atoms with Gasteiger partial charge in [-0.3, -0.25) is 4.40 Å². The van der Waals surface area contributed by atoms with Crippen molar-refractivity contribution in [2.45, 2.75) is 0 Å². The number of nitrogens with one attached hydrogen (secondary N) is 2. The maximum absolute atomic E-state index is 5.66. The minimum atomic E-state index is 0.244. The highest BCUT2D eigenvalue weighted by atomic mass is 16.7. The Morgan fingerprint density at radius 2 is 1.90 bits per heavy atom. The molecule has 4 N–H and O–H groups in total. The molecule has 0 amide bonds. The number of pyridine rings is 1. The van der Waals surface area contributed by atoms with Gasteiger partial charge in [0.15, 0.2) is 11.5 Å². The number of nitrogens with two attached hydrogens (primary N) is 1. The zero-order chi connectivity index (χ0) is 19.6. The number of aromatic nitrogens is 4. The normalized spacial score (nSPS) is 12.3. The molecule has 0 saturated heterocycles. The van der Waals surface area contributed by atoms with Gasteiger partial charge in [0.1, 0.15) is 11.5 Å². The lowest BCUT2D eigenvalue weighted by Gasteiger charge is -2.11. The molecule has 29 heavy (non-hydrogen) atoms. The number of hydrogen-bond acceptors (Lipinski definition) is 8. The summed E-state index contributed by atoms with van der Waals surface area (Å²) in [7, 11) is 0. The summed E-state index contributed by atoms with van der Waals surface area (Å²) in [5, 5.41) is 6.61. The SMILES string of the molecule is Nc1ccc(NCCNc2nc(-c3ccc4c(c3)OCO4)cc3nccn23)nc1. The molecule has 1 aliphatic rings. The molecule has 1 aromatic carbocycles. The van der Waals surface area contributed by atoms with Crippen LogP contribution < -0.4 is 25.8 Å². The lowest BCUT2D eigenvalue weighted by atomic mass is 10.1. The molecular weight excluding hydrogens is 370 g/mol. The van der Waals surface area contributed by atoms with Crippen LogP contribution in [0.5, 0.6) is 11.5 Å². The van der Waals surface area contributed by atoms with Crippen molar-refractivity contribution in [3.63, 3.8) is 0 Å². The van der Waals surface area contributed by atoms with Crippen LogP contribution in [0.15, 0.2) is 55.0 Å². The van der Waals surface area contributed by atoms with E-state index in [9.17, 15) is 0 Å². The van der Waals surface area contributed by atoms with Crippen LogP contribution in [0.4, 0.5) is 17.5 Å². The summed E-state index contributed by atoms with van der Waals surface area (Å²) < 4.78 is 12.8. The molecule has 0 atom stereocenters. The molecular formula is C20H19N7O2. The van der Waals surface area contributed by atoms with Gasteiger partial charge in [0, 0.05) is 37.1 Å². The van der Waals surface area contributed by atoms with Crippen molar-refractivity contribution in [3.05, 3.63) is 55.0 Å². The summed E-state index contributed by atoms with van der Waals surface area (Å²) >= 11 is 0. The van der Waals surface area contributed by atoms with E-state index in [-0.39, 0.29) is 6.79 Å². The van der Waals surface area contributed by atoms with Gasteiger partial charge in [-0.2, -0.15) is 0 Å². The summed E-state index contributed by atoms with van der Waals surface area (Å²) in [4.78, 5) is 13.4. The molecule has 4 aromatic rings. The standard InChI is InChI=1S/C20H19N7O2/c21-14-2-4-18(25-11-14)22-5-6-24-20-26-15(10-19-23-7-8-27(19)20)13-1-3-16-17(9-13)29-12-28-16/h1-4,7-11H,5-6,12,21H2,(H,22,25)(H,24,26).